The van der Waals surface area contributed by atoms with Crippen LogP contribution in [-0.2, 0) is 4.79 Å². The molecular formula is C21H15FN6O. The molecule has 7 nitrogen and oxygen atoms in total. The van der Waals surface area contributed by atoms with Crippen molar-refractivity contribution in [2.24, 2.45) is 0 Å². The highest BCUT2D eigenvalue weighted by Crippen LogP contribution is 2.34. The van der Waals surface area contributed by atoms with Crippen molar-refractivity contribution in [3.05, 3.63) is 72.8 Å². The number of rotatable bonds is 3. The molecule has 5 aromatic rings. The first-order valence-electron chi connectivity index (χ1n) is 8.96. The van der Waals surface area contributed by atoms with E-state index < -0.39 is 0 Å². The molecule has 4 aromatic heterocycles. The minimum atomic E-state index is -0.303. The number of imidazole rings is 1. The van der Waals surface area contributed by atoms with Crippen molar-refractivity contribution in [3.8, 4) is 22.5 Å². The van der Waals surface area contributed by atoms with E-state index in [0.29, 0.717) is 22.9 Å². The van der Waals surface area contributed by atoms with Crippen LogP contribution in [0.4, 0.5) is 10.2 Å². The largest absolute Gasteiger partial charge is 0.310 e. The van der Waals surface area contributed by atoms with Crippen molar-refractivity contribution in [3.63, 3.8) is 0 Å². The Labute approximate surface area is 164 Å². The number of anilines is 1. The number of carbonyl (C=O) groups is 1. The van der Waals surface area contributed by atoms with Crippen LogP contribution >= 0.6 is 0 Å². The van der Waals surface area contributed by atoms with Gasteiger partial charge in [-0.3, -0.25) is 4.79 Å². The Bertz CT molecular complexity index is 1370. The van der Waals surface area contributed by atoms with E-state index in [9.17, 15) is 9.18 Å². The monoisotopic (exact) mass is 386 g/mol. The zero-order valence-electron chi connectivity index (χ0n) is 15.4. The first-order valence-corrected chi connectivity index (χ1v) is 8.96. The number of carbonyl (C=O) groups excluding carboxylic acids is 1. The van der Waals surface area contributed by atoms with E-state index in [2.05, 4.69) is 20.5 Å². The van der Waals surface area contributed by atoms with Gasteiger partial charge in [-0.1, -0.05) is 6.07 Å². The Morgan fingerprint density at radius 2 is 1.83 bits per heavy atom. The van der Waals surface area contributed by atoms with Crippen LogP contribution in [0.5, 0.6) is 0 Å². The lowest BCUT2D eigenvalue weighted by Crippen LogP contribution is -2.05. The summed E-state index contributed by atoms with van der Waals surface area (Å²) in [4.78, 5) is 15.6. The zero-order chi connectivity index (χ0) is 20.0. The third-order valence-electron chi connectivity index (χ3n) is 4.54. The summed E-state index contributed by atoms with van der Waals surface area (Å²) in [6.45, 7) is 1.43. The fourth-order valence-electron chi connectivity index (χ4n) is 3.32. The van der Waals surface area contributed by atoms with Gasteiger partial charge in [0.1, 0.15) is 11.5 Å². The van der Waals surface area contributed by atoms with Crippen molar-refractivity contribution in [1.82, 2.24) is 24.2 Å². The van der Waals surface area contributed by atoms with Crippen molar-refractivity contribution >= 4 is 22.9 Å². The second kappa shape index (κ2) is 6.52. The number of nitrogens with one attached hydrogen (secondary N) is 1. The van der Waals surface area contributed by atoms with Crippen LogP contribution in [0.15, 0.2) is 67.0 Å². The molecule has 1 amide bonds. The molecule has 0 saturated carbocycles. The summed E-state index contributed by atoms with van der Waals surface area (Å²) >= 11 is 0. The van der Waals surface area contributed by atoms with Gasteiger partial charge in [0, 0.05) is 18.7 Å². The number of pyridine rings is 1. The minimum absolute atomic E-state index is 0.199. The topological polar surface area (TPSA) is 76.6 Å². The first kappa shape index (κ1) is 17.1. The highest BCUT2D eigenvalue weighted by Gasteiger charge is 2.18. The van der Waals surface area contributed by atoms with Gasteiger partial charge in [0.2, 0.25) is 5.91 Å². The van der Waals surface area contributed by atoms with Gasteiger partial charge >= 0.3 is 0 Å². The van der Waals surface area contributed by atoms with E-state index in [4.69, 9.17) is 0 Å². The van der Waals surface area contributed by atoms with Crippen LogP contribution in [0.25, 0.3) is 33.7 Å². The molecule has 0 bridgehead atoms. The van der Waals surface area contributed by atoms with Crippen molar-refractivity contribution in [2.45, 2.75) is 6.92 Å². The van der Waals surface area contributed by atoms with Gasteiger partial charge in [0.05, 0.1) is 23.0 Å². The predicted molar refractivity (Wildman–Crippen MR) is 107 cm³/mol. The molecule has 8 heteroatoms. The number of halogens is 1. The van der Waals surface area contributed by atoms with Crippen LogP contribution in [-0.4, -0.2) is 30.1 Å². The SMILES string of the molecule is CC(=O)Nc1cn2nc(-c3c(-c4ccc(F)cc4)nn4ccccc34)ccc2n1. The number of benzene rings is 1. The van der Waals surface area contributed by atoms with Crippen molar-refractivity contribution in [2.75, 3.05) is 5.32 Å². The van der Waals surface area contributed by atoms with E-state index in [-0.39, 0.29) is 11.7 Å². The average molecular weight is 386 g/mol. The lowest BCUT2D eigenvalue weighted by atomic mass is 10.0. The molecule has 0 spiro atoms. The Morgan fingerprint density at radius 1 is 1.00 bits per heavy atom. The number of fused-ring (bicyclic) bond motifs is 2. The molecule has 1 N–H and O–H groups in total. The number of nitrogens with zero attached hydrogens (tertiary/aromatic N) is 5. The van der Waals surface area contributed by atoms with Gasteiger partial charge in [0.15, 0.2) is 11.5 Å². The average Bonchev–Trinajstić information content (AvgIpc) is 3.28. The summed E-state index contributed by atoms with van der Waals surface area (Å²) in [6, 6.07) is 15.7. The maximum atomic E-state index is 13.4. The molecule has 142 valence electrons. The Hall–Kier alpha value is -4.07. The molecular weight excluding hydrogens is 371 g/mol. The summed E-state index contributed by atoms with van der Waals surface area (Å²) in [6.07, 6.45) is 3.51. The van der Waals surface area contributed by atoms with Crippen LogP contribution in [0.1, 0.15) is 6.92 Å². The molecule has 1 aromatic carbocycles. The quantitative estimate of drug-likeness (QED) is 0.512. The maximum Gasteiger partial charge on any atom is 0.222 e. The second-order valence-electron chi connectivity index (χ2n) is 6.59. The van der Waals surface area contributed by atoms with Crippen LogP contribution < -0.4 is 5.32 Å². The number of hydrogen-bond acceptors (Lipinski definition) is 4. The summed E-state index contributed by atoms with van der Waals surface area (Å²) in [5.41, 5.74) is 4.48. The molecule has 0 radical (unpaired) electrons. The highest BCUT2D eigenvalue weighted by molar-refractivity contribution is 5.91. The van der Waals surface area contributed by atoms with Gasteiger partial charge in [-0.05, 0) is 48.5 Å². The smallest absolute Gasteiger partial charge is 0.222 e. The normalized spacial score (nSPS) is 11.2. The highest BCUT2D eigenvalue weighted by atomic mass is 19.1. The molecule has 0 fully saturated rings. The van der Waals surface area contributed by atoms with Crippen molar-refractivity contribution in [1.29, 1.82) is 0 Å². The molecule has 29 heavy (non-hydrogen) atoms. The molecule has 0 aliphatic heterocycles. The van der Waals surface area contributed by atoms with E-state index in [1.807, 2.05) is 36.5 Å². The molecule has 0 aliphatic rings. The number of hydrogen-bond donors (Lipinski definition) is 1. The third kappa shape index (κ3) is 3.00. The molecule has 4 heterocycles. The van der Waals surface area contributed by atoms with Crippen molar-refractivity contribution < 1.29 is 9.18 Å². The Balaban J connectivity index is 1.72. The van der Waals surface area contributed by atoms with E-state index in [1.165, 1.54) is 19.1 Å². The second-order valence-corrected chi connectivity index (χ2v) is 6.59. The molecule has 0 saturated heterocycles. The summed E-state index contributed by atoms with van der Waals surface area (Å²) < 4.78 is 16.8. The minimum Gasteiger partial charge on any atom is -0.310 e. The van der Waals surface area contributed by atoms with Crippen LogP contribution in [0, 0.1) is 5.82 Å². The lowest BCUT2D eigenvalue weighted by molar-refractivity contribution is -0.114. The zero-order valence-corrected chi connectivity index (χ0v) is 15.4. The van der Waals surface area contributed by atoms with E-state index in [0.717, 1.165) is 16.6 Å². The lowest BCUT2D eigenvalue weighted by Gasteiger charge is -2.04. The Kier molecular flexibility index (Phi) is 3.83. The fraction of sp³-hybridized carbons (Fsp3) is 0.0476. The number of aromatic nitrogens is 5. The van der Waals surface area contributed by atoms with Gasteiger partial charge in [-0.15, -0.1) is 0 Å². The summed E-state index contributed by atoms with van der Waals surface area (Å²) in [7, 11) is 0. The molecule has 0 atom stereocenters. The number of amides is 1. The standard InChI is InChI=1S/C21H15FN6O/c1-13(29)23-18-12-28-19(24-18)10-9-16(25-28)20-17-4-2-3-11-27(17)26-21(20)14-5-7-15(22)8-6-14/h2-12H,1H3,(H,23,29). The predicted octanol–water partition coefficient (Wildman–Crippen LogP) is 3.81. The van der Waals surface area contributed by atoms with Gasteiger partial charge in [-0.25, -0.2) is 18.4 Å². The fourth-order valence-corrected chi connectivity index (χ4v) is 3.32. The van der Waals surface area contributed by atoms with Crippen LogP contribution in [0.3, 0.4) is 0 Å². The molecule has 0 unspecified atom stereocenters. The van der Waals surface area contributed by atoms with Gasteiger partial charge in [-0.2, -0.15) is 10.2 Å². The molecule has 5 rings (SSSR count). The third-order valence-corrected chi connectivity index (χ3v) is 4.54. The van der Waals surface area contributed by atoms with E-state index >= 15 is 0 Å². The van der Waals surface area contributed by atoms with E-state index in [1.54, 1.807) is 27.4 Å². The maximum absolute atomic E-state index is 13.4. The first-order chi connectivity index (χ1) is 14.1. The molecule has 0 aliphatic carbocycles. The van der Waals surface area contributed by atoms with Gasteiger partial charge in [0.25, 0.3) is 0 Å². The summed E-state index contributed by atoms with van der Waals surface area (Å²) in [5.74, 6) is -0.0712. The van der Waals surface area contributed by atoms with Crippen LogP contribution in [0.2, 0.25) is 0 Å². The van der Waals surface area contributed by atoms with Gasteiger partial charge < -0.3 is 5.32 Å². The Morgan fingerprint density at radius 3 is 2.62 bits per heavy atom. The summed E-state index contributed by atoms with van der Waals surface area (Å²) in [5, 5.41) is 12.0.